The van der Waals surface area contributed by atoms with Crippen molar-refractivity contribution in [2.45, 2.75) is 143 Å². The number of halogens is 2. The quantitative estimate of drug-likeness (QED) is 0.0311. The van der Waals surface area contributed by atoms with Crippen molar-refractivity contribution >= 4 is 72.1 Å². The maximum atomic E-state index is 12.4. The Balaban J connectivity index is 0.000000192. The standard InChI is InChI=1S/C25H33ClN5O9P.C22H33ClN5O9P/c26-24-29-21(28-16-8-4-5-9-16)17-10-27-31(22(17)30-24)23-20(34)19(33)18(40-23)12-39-25(13-32,41(35,36)37)14-38-11-15-6-2-1-3-7-15;23-21-26-18(25-13-3-1-2-4-13)14-7-24-28(19(14)27-21)20-17(31)16(30)15(37-20)9-36-22(10-29,38(32,33)34)11-35-8-12-5-6-12/h1-3,6-7,10,16,18-20,23,32-34H,4-5,8-9,11-14H2,(H,28,29,30)(H2,35,36,37);7,12-13,15-17,20,29-31H,1-6,8-11H2,(H,25,26,27)(H2,32,33,34)/t18-,19-,20-,23-,25+;15-,16-,17-,20-,22-/m11/s1. The lowest BCUT2D eigenvalue weighted by Crippen LogP contribution is -2.45. The molecule has 0 bridgehead atoms. The molecule has 4 aromatic heterocycles. The Morgan fingerprint density at radius 2 is 1.04 bits per heavy atom. The molecule has 436 valence electrons. The summed E-state index contributed by atoms with van der Waals surface area (Å²) in [6.45, 7) is -4.10. The summed E-state index contributed by atoms with van der Waals surface area (Å²) in [5.74, 6) is 1.33. The van der Waals surface area contributed by atoms with Crippen molar-refractivity contribution in [1.82, 2.24) is 39.5 Å². The minimum absolute atomic E-state index is 0.0175. The number of nitrogens with one attached hydrogen (secondary N) is 2. The number of fused-ring (bicyclic) bond motifs is 2. The van der Waals surface area contributed by atoms with Crippen LogP contribution in [0.1, 0.15) is 82.2 Å². The fourth-order valence-corrected chi connectivity index (χ4v) is 11.6. The SMILES string of the molecule is O=P(O)(O)[C@@](CO)(COCc1ccccc1)OC[C@H]1O[C@@H](n2ncc3c(NC4CCCC4)nc(Cl)nc32)[C@H](O)[C@@H]1O.O=P(O)(O)[C@](CO)(COCC1CC1)OC[C@H]1O[C@@H](n2ncc3c(NC4CCCC4)nc(Cl)nc32)[C@H](O)[C@@H]1O. The van der Waals surface area contributed by atoms with Gasteiger partial charge in [0.1, 0.15) is 48.3 Å². The van der Waals surface area contributed by atoms with Gasteiger partial charge >= 0.3 is 15.2 Å². The topological polar surface area (TPSA) is 403 Å². The fraction of sp³-hybridized carbons (Fsp3) is 0.660. The van der Waals surface area contributed by atoms with Crippen molar-refractivity contribution in [3.63, 3.8) is 0 Å². The molecule has 5 fully saturated rings. The number of rotatable bonds is 24. The van der Waals surface area contributed by atoms with E-state index in [-0.39, 0.29) is 40.6 Å². The van der Waals surface area contributed by atoms with Crippen LogP contribution in [0.2, 0.25) is 10.6 Å². The molecule has 2 aliphatic heterocycles. The van der Waals surface area contributed by atoms with E-state index in [9.17, 15) is 59.3 Å². The summed E-state index contributed by atoms with van der Waals surface area (Å²) < 4.78 is 60.8. The monoisotopic (exact) mass is 1190 g/mol. The third-order valence-electron chi connectivity index (χ3n) is 14.8. The van der Waals surface area contributed by atoms with Crippen LogP contribution in [-0.4, -0.2) is 195 Å². The van der Waals surface area contributed by atoms with E-state index in [1.54, 1.807) is 24.3 Å². The lowest BCUT2D eigenvalue weighted by Gasteiger charge is -2.33. The average molecular weight is 1190 g/mol. The molecular weight excluding hydrogens is 1130 g/mol. The maximum Gasteiger partial charge on any atom is 0.361 e. The largest absolute Gasteiger partial charge is 0.393 e. The highest BCUT2D eigenvalue weighted by atomic mass is 35.5. The first-order valence-corrected chi connectivity index (χ1v) is 29.9. The van der Waals surface area contributed by atoms with Gasteiger partial charge in [-0.25, -0.2) is 9.36 Å². The van der Waals surface area contributed by atoms with Gasteiger partial charge in [0.05, 0.1) is 69.4 Å². The Hall–Kier alpha value is -3.68. The van der Waals surface area contributed by atoms with Crippen LogP contribution in [0, 0.1) is 5.92 Å². The molecule has 10 atom stereocenters. The van der Waals surface area contributed by atoms with Crippen molar-refractivity contribution in [2.24, 2.45) is 5.92 Å². The van der Waals surface area contributed by atoms with E-state index in [1.165, 1.54) is 21.8 Å². The van der Waals surface area contributed by atoms with E-state index >= 15 is 0 Å². The molecule has 3 aliphatic carbocycles. The second kappa shape index (κ2) is 25.4. The molecule has 28 nitrogen and oxygen atoms in total. The lowest BCUT2D eigenvalue weighted by molar-refractivity contribution is -0.131. The molecule has 12 N–H and O–H groups in total. The molecule has 1 aromatic carbocycles. The minimum atomic E-state index is -5.09. The van der Waals surface area contributed by atoms with E-state index in [0.29, 0.717) is 34.9 Å². The summed E-state index contributed by atoms with van der Waals surface area (Å²) >= 11 is 12.4. The van der Waals surface area contributed by atoms with Crippen LogP contribution in [0.25, 0.3) is 22.1 Å². The van der Waals surface area contributed by atoms with Gasteiger partial charge in [0.25, 0.3) is 0 Å². The van der Waals surface area contributed by atoms with E-state index in [2.05, 4.69) is 40.8 Å². The summed E-state index contributed by atoms with van der Waals surface area (Å²) in [5.41, 5.74) is 1.29. The van der Waals surface area contributed by atoms with Crippen molar-refractivity contribution in [3.8, 4) is 0 Å². The fourth-order valence-electron chi connectivity index (χ4n) is 9.89. The second-order valence-corrected chi connectivity index (χ2v) is 25.0. The Morgan fingerprint density at radius 1 is 0.608 bits per heavy atom. The highest BCUT2D eigenvalue weighted by Gasteiger charge is 2.53. The third kappa shape index (κ3) is 13.6. The van der Waals surface area contributed by atoms with Gasteiger partial charge in [-0.2, -0.15) is 30.1 Å². The number of hydrogen-bond donors (Lipinski definition) is 12. The first kappa shape index (κ1) is 59.9. The number of anilines is 2. The van der Waals surface area contributed by atoms with E-state index in [0.717, 1.165) is 69.8 Å². The number of hydrogen-bond acceptors (Lipinski definition) is 22. The number of aliphatic hydroxyl groups excluding tert-OH is 6. The van der Waals surface area contributed by atoms with Crippen LogP contribution in [0.5, 0.6) is 0 Å². The predicted octanol–water partition coefficient (Wildman–Crippen LogP) is 2.32. The highest BCUT2D eigenvalue weighted by molar-refractivity contribution is 7.53. The molecule has 0 spiro atoms. The maximum absolute atomic E-state index is 12.4. The average Bonchev–Trinajstić information content (AvgIpc) is 4.29. The first-order valence-electron chi connectivity index (χ1n) is 25.9. The Kier molecular flexibility index (Phi) is 19.3. The van der Waals surface area contributed by atoms with Crippen LogP contribution < -0.4 is 10.6 Å². The summed E-state index contributed by atoms with van der Waals surface area (Å²) in [7, 11) is -10.1. The van der Waals surface area contributed by atoms with Crippen LogP contribution in [-0.2, 0) is 44.2 Å². The molecule has 0 amide bonds. The molecule has 10 rings (SSSR count). The van der Waals surface area contributed by atoms with Gasteiger partial charge in [0, 0.05) is 18.7 Å². The van der Waals surface area contributed by atoms with Gasteiger partial charge in [-0.05, 0) is 73.2 Å². The van der Waals surface area contributed by atoms with E-state index in [4.69, 9.17) is 51.6 Å². The van der Waals surface area contributed by atoms with Crippen LogP contribution in [0.3, 0.4) is 0 Å². The normalized spacial score (nSPS) is 26.6. The summed E-state index contributed by atoms with van der Waals surface area (Å²) in [6.07, 6.45) is 2.56. The number of aromatic nitrogens is 8. The molecule has 79 heavy (non-hydrogen) atoms. The molecule has 6 heterocycles. The minimum Gasteiger partial charge on any atom is -0.393 e. The van der Waals surface area contributed by atoms with Gasteiger partial charge in [-0.1, -0.05) is 56.0 Å². The first-order chi connectivity index (χ1) is 37.7. The zero-order valence-electron chi connectivity index (χ0n) is 42.6. The van der Waals surface area contributed by atoms with Gasteiger partial charge in [-0.15, -0.1) is 0 Å². The van der Waals surface area contributed by atoms with Crippen molar-refractivity contribution in [3.05, 3.63) is 58.9 Å². The Labute approximate surface area is 462 Å². The predicted molar refractivity (Wildman–Crippen MR) is 280 cm³/mol. The van der Waals surface area contributed by atoms with E-state index < -0.39 is 115 Å². The van der Waals surface area contributed by atoms with Crippen molar-refractivity contribution in [1.29, 1.82) is 0 Å². The zero-order chi connectivity index (χ0) is 56.3. The number of aliphatic hydroxyl groups is 6. The van der Waals surface area contributed by atoms with Crippen LogP contribution in [0.15, 0.2) is 42.7 Å². The Morgan fingerprint density at radius 3 is 1.44 bits per heavy atom. The number of nitrogens with zero attached hydrogens (tertiary/aromatic N) is 8. The molecule has 0 unspecified atom stereocenters. The molecule has 5 aliphatic rings. The zero-order valence-corrected chi connectivity index (χ0v) is 45.9. The molecule has 0 radical (unpaired) electrons. The van der Waals surface area contributed by atoms with Crippen molar-refractivity contribution in [2.75, 3.05) is 56.9 Å². The van der Waals surface area contributed by atoms with Gasteiger partial charge < -0.3 is 89.3 Å². The van der Waals surface area contributed by atoms with Gasteiger partial charge in [0.2, 0.25) is 21.3 Å². The van der Waals surface area contributed by atoms with Gasteiger partial charge in [0.15, 0.2) is 23.8 Å². The highest BCUT2D eigenvalue weighted by Crippen LogP contribution is 2.53. The molecular formula is C47H66Cl2N10O18P2. The molecule has 32 heteroatoms. The number of benzene rings is 1. The third-order valence-corrected chi connectivity index (χ3v) is 18.1. The Bertz CT molecular complexity index is 2930. The molecule has 2 saturated heterocycles. The smallest absolute Gasteiger partial charge is 0.361 e. The lowest BCUT2D eigenvalue weighted by atomic mass is 10.1. The van der Waals surface area contributed by atoms with Crippen LogP contribution >= 0.6 is 38.4 Å². The van der Waals surface area contributed by atoms with Crippen LogP contribution in [0.4, 0.5) is 11.6 Å². The van der Waals surface area contributed by atoms with E-state index in [1.807, 2.05) is 6.07 Å². The van der Waals surface area contributed by atoms with Crippen molar-refractivity contribution < 1.29 is 87.8 Å². The number of ether oxygens (including phenoxy) is 6. The molecule has 3 saturated carbocycles. The van der Waals surface area contributed by atoms with Gasteiger partial charge in [-0.3, -0.25) is 9.13 Å². The summed E-state index contributed by atoms with van der Waals surface area (Å²) in [4.78, 5) is 57.0. The second-order valence-electron chi connectivity index (χ2n) is 20.5. The summed E-state index contributed by atoms with van der Waals surface area (Å²) in [5, 5.41) is 74.5. The molecule has 5 aromatic rings. The summed E-state index contributed by atoms with van der Waals surface area (Å²) in [6, 6.07) is 9.42.